The molecule has 0 saturated carbocycles. The topological polar surface area (TPSA) is 81.6 Å². The van der Waals surface area contributed by atoms with Crippen LogP contribution >= 0.6 is 11.6 Å². The fraction of sp³-hybridized carbons (Fsp3) is 0.250. The van der Waals surface area contributed by atoms with Crippen LogP contribution in [0.4, 0.5) is 15.9 Å². The second kappa shape index (κ2) is 7.26. The fourth-order valence-corrected chi connectivity index (χ4v) is 4.29. The van der Waals surface area contributed by atoms with Gasteiger partial charge in [-0.2, -0.15) is 10.2 Å². The fourth-order valence-electron chi connectivity index (χ4n) is 3.99. The molecule has 1 amide bonds. The smallest absolute Gasteiger partial charge is 0.212 e. The first-order valence-corrected chi connectivity index (χ1v) is 9.92. The van der Waals surface area contributed by atoms with Gasteiger partial charge in [-0.15, -0.1) is 0 Å². The summed E-state index contributed by atoms with van der Waals surface area (Å²) in [6, 6.07) is 5.40. The number of carbonyl (C=O) groups excluding carboxylic acids is 1. The Morgan fingerprint density at radius 3 is 2.83 bits per heavy atom. The number of halogens is 2. The van der Waals surface area contributed by atoms with Crippen molar-refractivity contribution >= 4 is 45.9 Å². The minimum absolute atomic E-state index is 0.0629. The molecule has 8 nitrogen and oxygen atoms in total. The van der Waals surface area contributed by atoms with E-state index >= 15 is 4.39 Å². The Bertz CT molecular complexity index is 1260. The molecule has 0 atom stereocenters. The maximum absolute atomic E-state index is 15.6. The quantitative estimate of drug-likeness (QED) is 0.489. The Hall–Kier alpha value is -3.17. The molecule has 0 bridgehead atoms. The number of pyridine rings is 1. The molecule has 10 heteroatoms. The zero-order valence-electron chi connectivity index (χ0n) is 16.2. The monoisotopic (exact) mass is 427 g/mol. The number of H-pyrrole nitrogens is 1. The summed E-state index contributed by atoms with van der Waals surface area (Å²) in [6.07, 6.45) is 3.99. The lowest BCUT2D eigenvalue weighted by molar-refractivity contribution is -0.105. The van der Waals surface area contributed by atoms with Crippen LogP contribution in [0.3, 0.4) is 0 Å². The van der Waals surface area contributed by atoms with Crippen molar-refractivity contribution in [1.29, 1.82) is 0 Å². The van der Waals surface area contributed by atoms with E-state index in [-0.39, 0.29) is 5.02 Å². The molecule has 1 aromatic carbocycles. The van der Waals surface area contributed by atoms with Gasteiger partial charge in [-0.25, -0.2) is 8.91 Å². The summed E-state index contributed by atoms with van der Waals surface area (Å²) in [5.74, 6) is -0.0250. The van der Waals surface area contributed by atoms with Crippen molar-refractivity contribution in [2.45, 2.75) is 0 Å². The van der Waals surface area contributed by atoms with Crippen LogP contribution in [0.25, 0.3) is 27.5 Å². The summed E-state index contributed by atoms with van der Waals surface area (Å²) in [5, 5.41) is 14.7. The van der Waals surface area contributed by atoms with Gasteiger partial charge in [-0.1, -0.05) is 11.6 Å². The SMILES string of the molecule is CN1CCN(c2c(F)c(Cl)c(-c3ccn4nc(NC=O)cc4c3)c3cn[nH]c23)CC1. The highest BCUT2D eigenvalue weighted by atomic mass is 35.5. The van der Waals surface area contributed by atoms with E-state index in [1.165, 1.54) is 0 Å². The van der Waals surface area contributed by atoms with Gasteiger partial charge in [0.25, 0.3) is 0 Å². The number of fused-ring (bicyclic) bond motifs is 2. The van der Waals surface area contributed by atoms with E-state index in [9.17, 15) is 4.79 Å². The van der Waals surface area contributed by atoms with Gasteiger partial charge in [-0.05, 0) is 24.7 Å². The lowest BCUT2D eigenvalue weighted by Gasteiger charge is -2.34. The number of nitrogens with one attached hydrogen (secondary N) is 2. The molecule has 0 spiro atoms. The standard InChI is InChI=1S/C20H19ClFN7O/c1-27-4-6-28(7-5-27)20-18(22)17(21)16(14-10-24-25-19(14)20)12-2-3-29-13(8-12)9-15(26-29)23-11-30/h2-3,8-11H,4-7H2,1H3,(H,24,25)(H,23,26,30). The predicted molar refractivity (Wildman–Crippen MR) is 115 cm³/mol. The summed E-state index contributed by atoms with van der Waals surface area (Å²) in [5.41, 5.74) is 3.15. The molecule has 1 aliphatic rings. The van der Waals surface area contributed by atoms with Crippen molar-refractivity contribution < 1.29 is 9.18 Å². The number of benzene rings is 1. The van der Waals surface area contributed by atoms with E-state index in [4.69, 9.17) is 11.6 Å². The zero-order valence-corrected chi connectivity index (χ0v) is 16.9. The number of piperazine rings is 1. The van der Waals surface area contributed by atoms with Gasteiger partial charge in [0.2, 0.25) is 6.41 Å². The van der Waals surface area contributed by atoms with E-state index in [2.05, 4.69) is 32.6 Å². The maximum Gasteiger partial charge on any atom is 0.212 e. The van der Waals surface area contributed by atoms with E-state index in [0.29, 0.717) is 42.1 Å². The third kappa shape index (κ3) is 2.98. The van der Waals surface area contributed by atoms with Crippen molar-refractivity contribution in [2.75, 3.05) is 43.4 Å². The van der Waals surface area contributed by atoms with Gasteiger partial charge in [0, 0.05) is 49.4 Å². The number of nitrogens with zero attached hydrogens (tertiary/aromatic N) is 5. The van der Waals surface area contributed by atoms with Crippen LogP contribution in [0.2, 0.25) is 5.02 Å². The minimum Gasteiger partial charge on any atom is -0.365 e. The van der Waals surface area contributed by atoms with Gasteiger partial charge in [0.1, 0.15) is 5.69 Å². The molecule has 3 aromatic heterocycles. The highest BCUT2D eigenvalue weighted by molar-refractivity contribution is 6.36. The highest BCUT2D eigenvalue weighted by Crippen LogP contribution is 2.43. The van der Waals surface area contributed by atoms with E-state index in [1.54, 1.807) is 23.0 Å². The molecule has 5 rings (SSSR count). The normalized spacial score (nSPS) is 15.2. The van der Waals surface area contributed by atoms with Crippen molar-refractivity contribution in [1.82, 2.24) is 24.7 Å². The van der Waals surface area contributed by atoms with Gasteiger partial charge in [-0.3, -0.25) is 9.89 Å². The van der Waals surface area contributed by atoms with E-state index in [1.807, 2.05) is 17.0 Å². The average molecular weight is 428 g/mol. The molecular formula is C20H19ClFN7O. The molecule has 0 radical (unpaired) electrons. The van der Waals surface area contributed by atoms with Gasteiger partial charge in [0.15, 0.2) is 11.6 Å². The lowest BCUT2D eigenvalue weighted by Crippen LogP contribution is -2.45. The number of amides is 1. The van der Waals surface area contributed by atoms with Crippen LogP contribution in [0.5, 0.6) is 0 Å². The molecule has 0 aliphatic carbocycles. The molecular weight excluding hydrogens is 409 g/mol. The summed E-state index contributed by atoms with van der Waals surface area (Å²) in [7, 11) is 2.05. The van der Waals surface area contributed by atoms with Gasteiger partial charge < -0.3 is 15.1 Å². The van der Waals surface area contributed by atoms with Gasteiger partial charge >= 0.3 is 0 Å². The van der Waals surface area contributed by atoms with Crippen molar-refractivity contribution in [3.63, 3.8) is 0 Å². The third-order valence-electron chi connectivity index (χ3n) is 5.54. The average Bonchev–Trinajstić information content (AvgIpc) is 3.36. The molecule has 4 heterocycles. The summed E-state index contributed by atoms with van der Waals surface area (Å²) >= 11 is 6.59. The van der Waals surface area contributed by atoms with Crippen molar-refractivity contribution in [3.05, 3.63) is 41.4 Å². The minimum atomic E-state index is -0.454. The number of hydrogen-bond acceptors (Lipinski definition) is 5. The second-order valence-corrected chi connectivity index (χ2v) is 7.76. The number of anilines is 2. The maximum atomic E-state index is 15.6. The van der Waals surface area contributed by atoms with Crippen molar-refractivity contribution in [3.8, 4) is 11.1 Å². The van der Waals surface area contributed by atoms with E-state index < -0.39 is 5.82 Å². The molecule has 4 aromatic rings. The number of rotatable bonds is 4. The van der Waals surface area contributed by atoms with Crippen LogP contribution in [-0.2, 0) is 4.79 Å². The largest absolute Gasteiger partial charge is 0.365 e. The van der Waals surface area contributed by atoms with Gasteiger partial charge in [0.05, 0.1) is 22.3 Å². The molecule has 154 valence electrons. The number of hydrogen-bond donors (Lipinski definition) is 2. The number of aromatic amines is 1. The molecule has 1 aliphatic heterocycles. The molecule has 0 unspecified atom stereocenters. The van der Waals surface area contributed by atoms with E-state index in [0.717, 1.165) is 29.6 Å². The Labute approximate surface area is 176 Å². The molecule has 30 heavy (non-hydrogen) atoms. The predicted octanol–water partition coefficient (Wildman–Crippen LogP) is 2.99. The Morgan fingerprint density at radius 2 is 2.07 bits per heavy atom. The highest BCUT2D eigenvalue weighted by Gasteiger charge is 2.26. The number of carbonyl (C=O) groups is 1. The third-order valence-corrected chi connectivity index (χ3v) is 5.90. The summed E-state index contributed by atoms with van der Waals surface area (Å²) in [6.45, 7) is 3.13. The van der Waals surface area contributed by atoms with Crippen molar-refractivity contribution in [2.24, 2.45) is 0 Å². The number of aromatic nitrogens is 4. The van der Waals surface area contributed by atoms with Crippen LogP contribution in [0, 0.1) is 5.82 Å². The van der Waals surface area contributed by atoms with Crippen LogP contribution in [0.15, 0.2) is 30.6 Å². The Balaban J connectivity index is 1.66. The Morgan fingerprint density at radius 1 is 1.27 bits per heavy atom. The molecule has 1 fully saturated rings. The first-order valence-electron chi connectivity index (χ1n) is 9.54. The molecule has 1 saturated heterocycles. The van der Waals surface area contributed by atoms with Crippen LogP contribution < -0.4 is 10.2 Å². The summed E-state index contributed by atoms with van der Waals surface area (Å²) < 4.78 is 17.2. The zero-order chi connectivity index (χ0) is 20.8. The first kappa shape index (κ1) is 18.8. The second-order valence-electron chi connectivity index (χ2n) is 7.38. The summed E-state index contributed by atoms with van der Waals surface area (Å²) in [4.78, 5) is 14.9. The lowest BCUT2D eigenvalue weighted by atomic mass is 10.0. The van der Waals surface area contributed by atoms with Crippen LogP contribution in [-0.4, -0.2) is 64.3 Å². The Kier molecular flexibility index (Phi) is 4.56. The molecule has 2 N–H and O–H groups in total. The van der Waals surface area contributed by atoms with Crippen LogP contribution in [0.1, 0.15) is 0 Å². The number of likely N-dealkylation sites (N-methyl/N-ethyl adjacent to an activating group) is 1. The first-order chi connectivity index (χ1) is 14.6.